The van der Waals surface area contributed by atoms with Crippen LogP contribution in [0.2, 0.25) is 0 Å². The van der Waals surface area contributed by atoms with Crippen molar-refractivity contribution in [1.29, 1.82) is 0 Å². The second kappa shape index (κ2) is 15.6. The van der Waals surface area contributed by atoms with Crippen molar-refractivity contribution in [2.75, 3.05) is 15.1 Å². The summed E-state index contributed by atoms with van der Waals surface area (Å²) in [7, 11) is 0. The molecular formula is C58H41N3. The zero-order valence-corrected chi connectivity index (χ0v) is 33.5. The lowest BCUT2D eigenvalue weighted by molar-refractivity contribution is 1.29. The lowest BCUT2D eigenvalue weighted by Gasteiger charge is -2.31. The smallest absolute Gasteiger partial charge is 0.0619 e. The summed E-state index contributed by atoms with van der Waals surface area (Å²) < 4.78 is 0. The van der Waals surface area contributed by atoms with Crippen molar-refractivity contribution in [1.82, 2.24) is 0 Å². The minimum Gasteiger partial charge on any atom is -0.356 e. The maximum absolute atomic E-state index is 3.72. The summed E-state index contributed by atoms with van der Waals surface area (Å²) in [6.45, 7) is 0. The average molecular weight is 780 g/mol. The van der Waals surface area contributed by atoms with Crippen molar-refractivity contribution in [3.05, 3.63) is 243 Å². The molecule has 0 aliphatic heterocycles. The topological polar surface area (TPSA) is 18.5 Å². The van der Waals surface area contributed by atoms with E-state index in [1.165, 1.54) is 38.1 Å². The highest BCUT2D eigenvalue weighted by atomic mass is 15.2. The molecule has 288 valence electrons. The van der Waals surface area contributed by atoms with E-state index >= 15 is 0 Å². The van der Waals surface area contributed by atoms with Crippen molar-refractivity contribution in [3.63, 3.8) is 0 Å². The van der Waals surface area contributed by atoms with Gasteiger partial charge in [0.25, 0.3) is 0 Å². The summed E-state index contributed by atoms with van der Waals surface area (Å²) in [6.07, 6.45) is 0. The van der Waals surface area contributed by atoms with Gasteiger partial charge in [-0.05, 0) is 123 Å². The van der Waals surface area contributed by atoms with Crippen LogP contribution in [0, 0.1) is 0 Å². The summed E-state index contributed by atoms with van der Waals surface area (Å²) in [5.41, 5.74) is 11.0. The highest BCUT2D eigenvalue weighted by molar-refractivity contribution is 6.24. The Balaban J connectivity index is 1.27. The van der Waals surface area contributed by atoms with Crippen LogP contribution in [0.3, 0.4) is 0 Å². The largest absolute Gasteiger partial charge is 0.356 e. The van der Waals surface area contributed by atoms with Crippen LogP contribution in [0.5, 0.6) is 0 Å². The van der Waals surface area contributed by atoms with E-state index < -0.39 is 0 Å². The van der Waals surface area contributed by atoms with E-state index in [0.29, 0.717) is 0 Å². The Labute approximate surface area is 356 Å². The molecule has 3 nitrogen and oxygen atoms in total. The standard InChI is InChI=1S/C58H41N3/c1-5-22-45(23-6-1)59-46-34-36-53-54(39-46)57(44-33-32-41-18-13-14-20-43(41)38-44)52-37-35-50(40-55(52)58(53)61(48-26-9-3-10-27-48)49-28-11-4-12-29-49)60(47-24-7-2-8-25-47)56-31-17-21-42-19-15-16-30-51(42)56/h1-40,59H. The zero-order chi connectivity index (χ0) is 40.5. The molecule has 0 radical (unpaired) electrons. The van der Waals surface area contributed by atoms with Gasteiger partial charge in [-0.15, -0.1) is 0 Å². The van der Waals surface area contributed by atoms with Gasteiger partial charge in [0.1, 0.15) is 0 Å². The Morgan fingerprint density at radius 1 is 0.279 bits per heavy atom. The Bertz CT molecular complexity index is 3280. The van der Waals surface area contributed by atoms with Gasteiger partial charge >= 0.3 is 0 Å². The number of hydrogen-bond donors (Lipinski definition) is 1. The summed E-state index contributed by atoms with van der Waals surface area (Å²) in [5.74, 6) is 0. The van der Waals surface area contributed by atoms with Crippen LogP contribution in [0.25, 0.3) is 54.2 Å². The molecule has 0 heterocycles. The Kier molecular flexibility index (Phi) is 9.18. The van der Waals surface area contributed by atoms with E-state index in [1.54, 1.807) is 0 Å². The van der Waals surface area contributed by atoms with Crippen LogP contribution in [0.4, 0.5) is 45.5 Å². The fraction of sp³-hybridized carbons (Fsp3) is 0. The number of nitrogens with one attached hydrogen (secondary N) is 1. The highest BCUT2D eigenvalue weighted by Crippen LogP contribution is 2.51. The first-order valence-electron chi connectivity index (χ1n) is 20.8. The van der Waals surface area contributed by atoms with E-state index in [9.17, 15) is 0 Å². The molecule has 0 spiro atoms. The molecule has 0 fully saturated rings. The van der Waals surface area contributed by atoms with Gasteiger partial charge in [-0.2, -0.15) is 0 Å². The number of anilines is 8. The maximum atomic E-state index is 3.72. The fourth-order valence-electron chi connectivity index (χ4n) is 8.96. The molecule has 0 saturated carbocycles. The molecule has 0 aliphatic carbocycles. The van der Waals surface area contributed by atoms with Gasteiger partial charge in [-0.25, -0.2) is 0 Å². The van der Waals surface area contributed by atoms with Crippen molar-refractivity contribution in [2.24, 2.45) is 0 Å². The Hall–Kier alpha value is -8.14. The van der Waals surface area contributed by atoms with Crippen LogP contribution in [0.15, 0.2) is 243 Å². The van der Waals surface area contributed by atoms with E-state index in [-0.39, 0.29) is 0 Å². The molecule has 11 rings (SSSR count). The SMILES string of the molecule is c1ccc(Nc2ccc3c(N(c4ccccc4)c4ccccc4)c4cc(N(c5ccccc5)c5cccc6ccccc56)ccc4c(-c4ccc5ccccc5c4)c3c2)cc1. The van der Waals surface area contributed by atoms with Crippen molar-refractivity contribution in [3.8, 4) is 11.1 Å². The van der Waals surface area contributed by atoms with E-state index in [1.807, 2.05) is 0 Å². The summed E-state index contributed by atoms with van der Waals surface area (Å²) in [5, 5.41) is 13.2. The zero-order valence-electron chi connectivity index (χ0n) is 33.5. The number of fused-ring (bicyclic) bond motifs is 4. The van der Waals surface area contributed by atoms with Crippen LogP contribution < -0.4 is 15.1 Å². The molecule has 11 aromatic rings. The molecule has 0 aromatic heterocycles. The Morgan fingerprint density at radius 2 is 0.852 bits per heavy atom. The number of nitrogens with zero attached hydrogens (tertiary/aromatic N) is 2. The molecular weight excluding hydrogens is 739 g/mol. The lowest BCUT2D eigenvalue weighted by atomic mass is 9.88. The van der Waals surface area contributed by atoms with Crippen molar-refractivity contribution in [2.45, 2.75) is 0 Å². The van der Waals surface area contributed by atoms with Gasteiger partial charge in [-0.1, -0.05) is 158 Å². The van der Waals surface area contributed by atoms with Crippen LogP contribution >= 0.6 is 0 Å². The van der Waals surface area contributed by atoms with E-state index in [0.717, 1.165) is 61.7 Å². The normalized spacial score (nSPS) is 11.3. The molecule has 0 saturated heterocycles. The van der Waals surface area contributed by atoms with Crippen LogP contribution in [0.1, 0.15) is 0 Å². The monoisotopic (exact) mass is 779 g/mol. The van der Waals surface area contributed by atoms with Crippen molar-refractivity contribution < 1.29 is 0 Å². The van der Waals surface area contributed by atoms with Crippen LogP contribution in [-0.4, -0.2) is 0 Å². The predicted molar refractivity (Wildman–Crippen MR) is 261 cm³/mol. The number of para-hydroxylation sites is 4. The minimum absolute atomic E-state index is 1.03. The predicted octanol–water partition coefficient (Wildman–Crippen LogP) is 16.6. The first kappa shape index (κ1) is 36.0. The quantitative estimate of drug-likeness (QED) is 0.147. The van der Waals surface area contributed by atoms with Crippen molar-refractivity contribution >= 4 is 88.6 Å². The summed E-state index contributed by atoms with van der Waals surface area (Å²) in [6, 6.07) is 87.5. The van der Waals surface area contributed by atoms with Gasteiger partial charge in [0.2, 0.25) is 0 Å². The minimum atomic E-state index is 1.03. The second-order valence-electron chi connectivity index (χ2n) is 15.4. The van der Waals surface area contributed by atoms with Gasteiger partial charge in [0, 0.05) is 50.3 Å². The lowest BCUT2D eigenvalue weighted by Crippen LogP contribution is -2.13. The molecule has 3 heteroatoms. The number of benzene rings is 11. The molecule has 0 bridgehead atoms. The molecule has 0 unspecified atom stereocenters. The summed E-state index contributed by atoms with van der Waals surface area (Å²) >= 11 is 0. The summed E-state index contributed by atoms with van der Waals surface area (Å²) in [4.78, 5) is 4.85. The first-order valence-corrected chi connectivity index (χ1v) is 20.8. The molecule has 61 heavy (non-hydrogen) atoms. The van der Waals surface area contributed by atoms with Crippen LogP contribution in [-0.2, 0) is 0 Å². The molecule has 11 aromatic carbocycles. The number of hydrogen-bond acceptors (Lipinski definition) is 3. The molecule has 1 N–H and O–H groups in total. The van der Waals surface area contributed by atoms with Gasteiger partial charge in [0.15, 0.2) is 0 Å². The second-order valence-corrected chi connectivity index (χ2v) is 15.4. The third-order valence-corrected chi connectivity index (χ3v) is 11.7. The van der Waals surface area contributed by atoms with Gasteiger partial charge < -0.3 is 15.1 Å². The molecule has 0 atom stereocenters. The highest BCUT2D eigenvalue weighted by Gasteiger charge is 2.25. The Morgan fingerprint density at radius 3 is 1.56 bits per heavy atom. The molecule has 0 aliphatic rings. The van der Waals surface area contributed by atoms with Gasteiger partial charge in [-0.3, -0.25) is 0 Å². The maximum Gasteiger partial charge on any atom is 0.0619 e. The third-order valence-electron chi connectivity index (χ3n) is 11.7. The fourth-order valence-corrected chi connectivity index (χ4v) is 8.96. The average Bonchev–Trinajstić information content (AvgIpc) is 3.33. The third kappa shape index (κ3) is 6.69. The number of rotatable bonds is 9. The first-order chi connectivity index (χ1) is 30.3. The van der Waals surface area contributed by atoms with E-state index in [2.05, 4.69) is 258 Å². The molecule has 0 amide bonds. The van der Waals surface area contributed by atoms with Gasteiger partial charge in [0.05, 0.1) is 11.4 Å². The van der Waals surface area contributed by atoms with E-state index in [4.69, 9.17) is 0 Å².